The summed E-state index contributed by atoms with van der Waals surface area (Å²) in [7, 11) is -3.76. The summed E-state index contributed by atoms with van der Waals surface area (Å²) in [4.78, 5) is 11.8. The topological polar surface area (TPSA) is 99.1 Å². The Kier molecular flexibility index (Phi) is 6.33. The summed E-state index contributed by atoms with van der Waals surface area (Å²) in [5, 5.41) is 10.2. The number of ether oxygens (including phenoxy) is 2. The molecular weight excluding hydrogens is 300 g/mol. The van der Waals surface area contributed by atoms with Gasteiger partial charge in [0, 0.05) is 12.0 Å². The zero-order valence-electron chi connectivity index (χ0n) is 12.6. The molecule has 0 bridgehead atoms. The maximum Gasteiger partial charge on any atom is 0.333 e. The number of hydrogen-bond acceptors (Lipinski definition) is 7. The first-order chi connectivity index (χ1) is 9.64. The Morgan fingerprint density at radius 1 is 1.48 bits per heavy atom. The maximum absolute atomic E-state index is 11.8. The first-order valence-electron chi connectivity index (χ1n) is 6.73. The van der Waals surface area contributed by atoms with Crippen LogP contribution in [0.25, 0.3) is 0 Å². The molecule has 0 aliphatic heterocycles. The second-order valence-electron chi connectivity index (χ2n) is 5.10. The smallest absolute Gasteiger partial charge is 0.333 e. The Bertz CT molecular complexity index is 495. The van der Waals surface area contributed by atoms with Crippen molar-refractivity contribution in [2.45, 2.75) is 51.6 Å². The number of carbonyl (C=O) groups is 1. The van der Waals surface area contributed by atoms with Crippen molar-refractivity contribution < 1.29 is 32.0 Å². The van der Waals surface area contributed by atoms with Crippen LogP contribution in [0, 0.1) is 0 Å². The van der Waals surface area contributed by atoms with Crippen LogP contribution >= 0.6 is 0 Å². The van der Waals surface area contributed by atoms with Crippen molar-refractivity contribution in [3.05, 3.63) is 11.6 Å². The van der Waals surface area contributed by atoms with Crippen LogP contribution in [0.2, 0.25) is 0 Å². The third-order valence-electron chi connectivity index (χ3n) is 2.77. The first-order valence-corrected chi connectivity index (χ1v) is 8.55. The molecule has 1 aliphatic rings. The third kappa shape index (κ3) is 5.74. The van der Waals surface area contributed by atoms with Crippen LogP contribution in [0.1, 0.15) is 27.2 Å². The predicted molar refractivity (Wildman–Crippen MR) is 75.1 cm³/mol. The number of carbonyl (C=O) groups excluding carboxylic acids is 1. The molecule has 21 heavy (non-hydrogen) atoms. The van der Waals surface area contributed by atoms with Gasteiger partial charge in [-0.15, -0.1) is 0 Å². The molecule has 0 aromatic heterocycles. The summed E-state index contributed by atoms with van der Waals surface area (Å²) in [6.45, 7) is 5.41. The molecule has 0 saturated heterocycles. The molecule has 0 spiro atoms. The summed E-state index contributed by atoms with van der Waals surface area (Å²) >= 11 is 0. The Morgan fingerprint density at radius 3 is 2.57 bits per heavy atom. The molecule has 0 unspecified atom stereocenters. The average Bonchev–Trinajstić information content (AvgIpc) is 2.32. The molecule has 0 fully saturated rings. The Morgan fingerprint density at radius 2 is 2.10 bits per heavy atom. The number of aliphatic hydroxyl groups excluding tert-OH is 1. The maximum atomic E-state index is 11.8. The van der Waals surface area contributed by atoms with Crippen molar-refractivity contribution in [1.82, 2.24) is 0 Å². The second-order valence-corrected chi connectivity index (χ2v) is 6.70. The molecule has 1 aliphatic carbocycles. The lowest BCUT2D eigenvalue weighted by atomic mass is 9.92. The molecule has 0 aromatic rings. The summed E-state index contributed by atoms with van der Waals surface area (Å²) in [5.41, 5.74) is 0.237. The van der Waals surface area contributed by atoms with Crippen molar-refractivity contribution >= 4 is 16.1 Å². The zero-order chi connectivity index (χ0) is 16.2. The van der Waals surface area contributed by atoms with Gasteiger partial charge in [-0.3, -0.25) is 4.18 Å². The average molecular weight is 322 g/mol. The number of esters is 1. The van der Waals surface area contributed by atoms with E-state index in [-0.39, 0.29) is 24.7 Å². The van der Waals surface area contributed by atoms with E-state index in [1.165, 1.54) is 6.08 Å². The molecule has 8 heteroatoms. The van der Waals surface area contributed by atoms with Gasteiger partial charge in [0.25, 0.3) is 10.1 Å². The normalized spacial score (nSPS) is 26.6. The Hall–Kier alpha value is -0.960. The fourth-order valence-corrected chi connectivity index (χ4v) is 2.67. The van der Waals surface area contributed by atoms with Gasteiger partial charge < -0.3 is 14.6 Å². The SMILES string of the molecule is CCOC(=O)C1=C[C@@H](OC(C)C)[C@@H](O)[C@H](OS(C)(=O)=O)C1. The van der Waals surface area contributed by atoms with Gasteiger partial charge in [-0.05, 0) is 26.8 Å². The van der Waals surface area contributed by atoms with Gasteiger partial charge >= 0.3 is 5.97 Å². The van der Waals surface area contributed by atoms with Crippen molar-refractivity contribution in [2.24, 2.45) is 0 Å². The molecular formula is C13H22O7S. The molecule has 7 nitrogen and oxygen atoms in total. The number of hydrogen-bond donors (Lipinski definition) is 1. The van der Waals surface area contributed by atoms with E-state index >= 15 is 0 Å². The minimum atomic E-state index is -3.76. The summed E-state index contributed by atoms with van der Waals surface area (Å²) in [6, 6.07) is 0. The number of aliphatic hydroxyl groups is 1. The molecule has 1 N–H and O–H groups in total. The van der Waals surface area contributed by atoms with Gasteiger partial charge in [-0.2, -0.15) is 8.42 Å². The monoisotopic (exact) mass is 322 g/mol. The van der Waals surface area contributed by atoms with Crippen LogP contribution in [0.4, 0.5) is 0 Å². The van der Waals surface area contributed by atoms with Crippen molar-refractivity contribution in [3.63, 3.8) is 0 Å². The molecule has 0 radical (unpaired) electrons. The van der Waals surface area contributed by atoms with Crippen LogP contribution in [0.3, 0.4) is 0 Å². The molecule has 1 rings (SSSR count). The van der Waals surface area contributed by atoms with Crippen LogP contribution in [0.15, 0.2) is 11.6 Å². The van der Waals surface area contributed by atoms with E-state index in [1.807, 2.05) is 0 Å². The molecule has 0 aromatic carbocycles. The molecule has 122 valence electrons. The predicted octanol–water partition coefficient (Wildman–Crippen LogP) is 0.379. The lowest BCUT2D eigenvalue weighted by Gasteiger charge is -2.33. The molecule has 0 amide bonds. The van der Waals surface area contributed by atoms with E-state index < -0.39 is 34.4 Å². The minimum Gasteiger partial charge on any atom is -0.463 e. The van der Waals surface area contributed by atoms with Crippen molar-refractivity contribution in [3.8, 4) is 0 Å². The van der Waals surface area contributed by atoms with E-state index in [4.69, 9.17) is 13.7 Å². The van der Waals surface area contributed by atoms with Gasteiger partial charge in [-0.25, -0.2) is 4.79 Å². The summed E-state index contributed by atoms with van der Waals surface area (Å²) in [5.74, 6) is -0.566. The second kappa shape index (κ2) is 7.35. The highest BCUT2D eigenvalue weighted by molar-refractivity contribution is 7.86. The highest BCUT2D eigenvalue weighted by Crippen LogP contribution is 2.26. The quantitative estimate of drug-likeness (QED) is 0.557. The lowest BCUT2D eigenvalue weighted by molar-refractivity contribution is -0.140. The fourth-order valence-electron chi connectivity index (χ4n) is 2.04. The standard InChI is InChI=1S/C13H22O7S/c1-5-18-13(15)9-6-10(19-8(2)3)12(14)11(7-9)20-21(4,16)17/h6,8,10-12,14H,5,7H2,1-4H3/t10-,11-,12-/m1/s1. The fraction of sp³-hybridized carbons (Fsp3) is 0.769. The molecule has 3 atom stereocenters. The highest BCUT2D eigenvalue weighted by Gasteiger charge is 2.38. The van der Waals surface area contributed by atoms with Gasteiger partial charge in [0.05, 0.1) is 19.0 Å². The van der Waals surface area contributed by atoms with E-state index in [9.17, 15) is 18.3 Å². The van der Waals surface area contributed by atoms with Crippen molar-refractivity contribution in [1.29, 1.82) is 0 Å². The van der Waals surface area contributed by atoms with Crippen LogP contribution in [0.5, 0.6) is 0 Å². The highest BCUT2D eigenvalue weighted by atomic mass is 32.2. The van der Waals surface area contributed by atoms with E-state index in [0.717, 1.165) is 6.26 Å². The van der Waals surface area contributed by atoms with Gasteiger partial charge in [0.1, 0.15) is 18.3 Å². The molecule has 0 heterocycles. The summed E-state index contributed by atoms with van der Waals surface area (Å²) < 4.78 is 37.8. The van der Waals surface area contributed by atoms with Crippen LogP contribution < -0.4 is 0 Å². The Balaban J connectivity index is 3.00. The lowest BCUT2D eigenvalue weighted by Crippen LogP contribution is -2.45. The minimum absolute atomic E-state index is 0.0506. The van der Waals surface area contributed by atoms with E-state index in [0.29, 0.717) is 0 Å². The van der Waals surface area contributed by atoms with Crippen molar-refractivity contribution in [2.75, 3.05) is 12.9 Å². The van der Waals surface area contributed by atoms with Gasteiger partial charge in [0.2, 0.25) is 0 Å². The van der Waals surface area contributed by atoms with Crippen LogP contribution in [-0.4, -0.2) is 56.8 Å². The van der Waals surface area contributed by atoms with E-state index in [1.54, 1.807) is 20.8 Å². The van der Waals surface area contributed by atoms with Gasteiger partial charge in [-0.1, -0.05) is 0 Å². The summed E-state index contributed by atoms with van der Waals surface area (Å²) in [6.07, 6.45) is -0.990. The number of rotatable bonds is 6. The van der Waals surface area contributed by atoms with Gasteiger partial charge in [0.15, 0.2) is 0 Å². The zero-order valence-corrected chi connectivity index (χ0v) is 13.4. The molecule has 0 saturated carbocycles. The first kappa shape index (κ1) is 18.1. The largest absolute Gasteiger partial charge is 0.463 e. The third-order valence-corrected chi connectivity index (χ3v) is 3.37. The van der Waals surface area contributed by atoms with E-state index in [2.05, 4.69) is 0 Å². The Labute approximate surface area is 125 Å². The van der Waals surface area contributed by atoms with Crippen LogP contribution in [-0.2, 0) is 28.6 Å².